The first kappa shape index (κ1) is 12.5. The molecule has 2 heteroatoms. The molecule has 2 nitrogen and oxygen atoms in total. The summed E-state index contributed by atoms with van der Waals surface area (Å²) in [6.45, 7) is 7.01. The van der Waals surface area contributed by atoms with Crippen molar-refractivity contribution >= 4 is 5.97 Å². The molecule has 1 fully saturated rings. The van der Waals surface area contributed by atoms with Crippen LogP contribution in [0.4, 0.5) is 0 Å². The normalized spacial score (nSPS) is 31.3. The summed E-state index contributed by atoms with van der Waals surface area (Å²) in [6, 6.07) is 0. The minimum Gasteiger partial charge on any atom is -0.466 e. The molecule has 1 saturated carbocycles. The van der Waals surface area contributed by atoms with E-state index in [-0.39, 0.29) is 5.97 Å². The summed E-state index contributed by atoms with van der Waals surface area (Å²) in [5, 5.41) is 0. The van der Waals surface area contributed by atoms with Crippen molar-refractivity contribution in [3.05, 3.63) is 0 Å². The Morgan fingerprint density at radius 1 is 1.53 bits per heavy atom. The van der Waals surface area contributed by atoms with E-state index in [2.05, 4.69) is 13.8 Å². The molecule has 0 radical (unpaired) electrons. The SMILES string of the molecule is CCOC(=O)CCC1(C)CCCC(C)C1. The van der Waals surface area contributed by atoms with Gasteiger partial charge in [0.15, 0.2) is 0 Å². The van der Waals surface area contributed by atoms with Crippen LogP contribution in [0.25, 0.3) is 0 Å². The van der Waals surface area contributed by atoms with Gasteiger partial charge in [-0.2, -0.15) is 0 Å². The van der Waals surface area contributed by atoms with Crippen LogP contribution in [-0.2, 0) is 9.53 Å². The maximum Gasteiger partial charge on any atom is 0.305 e. The lowest BCUT2D eigenvalue weighted by molar-refractivity contribution is -0.144. The molecule has 0 aromatic carbocycles. The molecule has 0 aromatic heterocycles. The highest BCUT2D eigenvalue weighted by Gasteiger charge is 2.30. The van der Waals surface area contributed by atoms with Gasteiger partial charge in [0, 0.05) is 6.42 Å². The summed E-state index contributed by atoms with van der Waals surface area (Å²) < 4.78 is 4.97. The van der Waals surface area contributed by atoms with Crippen molar-refractivity contribution in [1.29, 1.82) is 0 Å². The number of ether oxygens (including phenoxy) is 1. The van der Waals surface area contributed by atoms with Crippen molar-refractivity contribution < 1.29 is 9.53 Å². The second kappa shape index (κ2) is 5.53. The molecule has 0 bridgehead atoms. The fraction of sp³-hybridized carbons (Fsp3) is 0.923. The zero-order valence-corrected chi connectivity index (χ0v) is 10.3. The lowest BCUT2D eigenvalue weighted by Gasteiger charge is -2.36. The number of hydrogen-bond donors (Lipinski definition) is 0. The van der Waals surface area contributed by atoms with E-state index in [1.165, 1.54) is 25.7 Å². The molecule has 1 aliphatic carbocycles. The monoisotopic (exact) mass is 212 g/mol. The van der Waals surface area contributed by atoms with Crippen molar-refractivity contribution in [3.63, 3.8) is 0 Å². The van der Waals surface area contributed by atoms with Gasteiger partial charge >= 0.3 is 5.97 Å². The zero-order chi connectivity index (χ0) is 11.3. The van der Waals surface area contributed by atoms with Crippen LogP contribution in [-0.4, -0.2) is 12.6 Å². The molecule has 1 rings (SSSR count). The van der Waals surface area contributed by atoms with Gasteiger partial charge in [0.1, 0.15) is 0 Å². The fourth-order valence-corrected chi connectivity index (χ4v) is 2.79. The van der Waals surface area contributed by atoms with Crippen LogP contribution in [0, 0.1) is 11.3 Å². The van der Waals surface area contributed by atoms with E-state index in [1.54, 1.807) is 0 Å². The summed E-state index contributed by atoms with van der Waals surface area (Å²) in [5.74, 6) is 0.794. The lowest BCUT2D eigenvalue weighted by Crippen LogP contribution is -2.25. The molecule has 2 atom stereocenters. The first-order chi connectivity index (χ1) is 7.06. The van der Waals surface area contributed by atoms with Crippen LogP contribution in [0.15, 0.2) is 0 Å². The maximum absolute atomic E-state index is 11.3. The first-order valence-corrected chi connectivity index (χ1v) is 6.21. The van der Waals surface area contributed by atoms with E-state index in [0.717, 1.165) is 12.3 Å². The average molecular weight is 212 g/mol. The second-order valence-corrected chi connectivity index (χ2v) is 5.32. The van der Waals surface area contributed by atoms with Crippen molar-refractivity contribution in [2.75, 3.05) is 6.61 Å². The molecule has 0 N–H and O–H groups in total. The molecule has 0 spiro atoms. The predicted octanol–water partition coefficient (Wildman–Crippen LogP) is 3.55. The van der Waals surface area contributed by atoms with E-state index in [4.69, 9.17) is 4.74 Å². The van der Waals surface area contributed by atoms with Gasteiger partial charge in [-0.05, 0) is 37.5 Å². The summed E-state index contributed by atoms with van der Waals surface area (Å²) in [7, 11) is 0. The summed E-state index contributed by atoms with van der Waals surface area (Å²) in [6.07, 6.45) is 6.81. The second-order valence-electron chi connectivity index (χ2n) is 5.32. The molecule has 0 heterocycles. The van der Waals surface area contributed by atoms with Gasteiger partial charge in [-0.25, -0.2) is 0 Å². The summed E-state index contributed by atoms with van der Waals surface area (Å²) in [4.78, 5) is 11.3. The first-order valence-electron chi connectivity index (χ1n) is 6.21. The topological polar surface area (TPSA) is 26.3 Å². The molecule has 1 aliphatic rings. The third kappa shape index (κ3) is 4.23. The number of carbonyl (C=O) groups is 1. The Kier molecular flexibility index (Phi) is 4.62. The molecule has 0 aliphatic heterocycles. The molecule has 88 valence electrons. The highest BCUT2D eigenvalue weighted by Crippen LogP contribution is 2.42. The quantitative estimate of drug-likeness (QED) is 0.666. The van der Waals surface area contributed by atoms with Gasteiger partial charge < -0.3 is 4.74 Å². The van der Waals surface area contributed by atoms with Crippen LogP contribution in [0.5, 0.6) is 0 Å². The number of carbonyl (C=O) groups excluding carboxylic acids is 1. The standard InChI is InChI=1S/C13H24O2/c1-4-15-12(14)7-9-13(3)8-5-6-11(2)10-13/h11H,4-10H2,1-3H3. The molecule has 15 heavy (non-hydrogen) atoms. The van der Waals surface area contributed by atoms with Gasteiger partial charge in [0.05, 0.1) is 6.61 Å². The highest BCUT2D eigenvalue weighted by atomic mass is 16.5. The van der Waals surface area contributed by atoms with Crippen molar-refractivity contribution in [2.45, 2.75) is 59.3 Å². The third-order valence-corrected chi connectivity index (χ3v) is 3.56. The zero-order valence-electron chi connectivity index (χ0n) is 10.3. The van der Waals surface area contributed by atoms with Crippen molar-refractivity contribution in [2.24, 2.45) is 11.3 Å². The number of hydrogen-bond acceptors (Lipinski definition) is 2. The van der Waals surface area contributed by atoms with E-state index in [0.29, 0.717) is 18.4 Å². The minimum absolute atomic E-state index is 0.0306. The molecule has 0 aromatic rings. The lowest BCUT2D eigenvalue weighted by atomic mass is 9.69. The van der Waals surface area contributed by atoms with Crippen LogP contribution >= 0.6 is 0 Å². The van der Waals surface area contributed by atoms with Crippen molar-refractivity contribution in [1.82, 2.24) is 0 Å². The third-order valence-electron chi connectivity index (χ3n) is 3.56. The molecular weight excluding hydrogens is 188 g/mol. The van der Waals surface area contributed by atoms with E-state index in [9.17, 15) is 4.79 Å². The number of esters is 1. The summed E-state index contributed by atoms with van der Waals surface area (Å²) in [5.41, 5.74) is 0.379. The van der Waals surface area contributed by atoms with Gasteiger partial charge in [-0.1, -0.05) is 26.7 Å². The molecule has 0 amide bonds. The molecule has 2 unspecified atom stereocenters. The Balaban J connectivity index is 2.32. The van der Waals surface area contributed by atoms with Crippen LogP contribution in [0.1, 0.15) is 59.3 Å². The van der Waals surface area contributed by atoms with Crippen LogP contribution in [0.3, 0.4) is 0 Å². The average Bonchev–Trinajstić information content (AvgIpc) is 2.15. The van der Waals surface area contributed by atoms with Crippen LogP contribution < -0.4 is 0 Å². The summed E-state index contributed by atoms with van der Waals surface area (Å²) >= 11 is 0. The Labute approximate surface area is 93.4 Å². The van der Waals surface area contributed by atoms with Gasteiger partial charge in [-0.15, -0.1) is 0 Å². The maximum atomic E-state index is 11.3. The Morgan fingerprint density at radius 2 is 2.27 bits per heavy atom. The molecular formula is C13H24O2. The predicted molar refractivity (Wildman–Crippen MR) is 61.6 cm³/mol. The molecule has 0 saturated heterocycles. The van der Waals surface area contributed by atoms with Crippen molar-refractivity contribution in [3.8, 4) is 0 Å². The van der Waals surface area contributed by atoms with Crippen LogP contribution in [0.2, 0.25) is 0 Å². The minimum atomic E-state index is -0.0306. The largest absolute Gasteiger partial charge is 0.466 e. The Morgan fingerprint density at radius 3 is 2.87 bits per heavy atom. The Bertz CT molecular complexity index is 213. The Hall–Kier alpha value is -0.530. The smallest absolute Gasteiger partial charge is 0.305 e. The van der Waals surface area contributed by atoms with E-state index in [1.807, 2.05) is 6.92 Å². The van der Waals surface area contributed by atoms with Gasteiger partial charge in [0.25, 0.3) is 0 Å². The highest BCUT2D eigenvalue weighted by molar-refractivity contribution is 5.69. The van der Waals surface area contributed by atoms with E-state index < -0.39 is 0 Å². The number of rotatable bonds is 4. The van der Waals surface area contributed by atoms with Gasteiger partial charge in [0.2, 0.25) is 0 Å². The van der Waals surface area contributed by atoms with E-state index >= 15 is 0 Å². The fourth-order valence-electron chi connectivity index (χ4n) is 2.79. The van der Waals surface area contributed by atoms with Gasteiger partial charge in [-0.3, -0.25) is 4.79 Å².